The van der Waals surface area contributed by atoms with Gasteiger partial charge in [-0.2, -0.15) is 0 Å². The van der Waals surface area contributed by atoms with E-state index in [-0.39, 0.29) is 17.2 Å². The Morgan fingerprint density at radius 1 is 0.714 bits per heavy atom. The lowest BCUT2D eigenvalue weighted by atomic mass is 9.96. The minimum Gasteiger partial charge on any atom is -0.351 e. The second-order valence-electron chi connectivity index (χ2n) is 7.23. The maximum atomic E-state index is 12.5. The Labute approximate surface area is 164 Å². The molecule has 0 heterocycles. The van der Waals surface area contributed by atoms with Gasteiger partial charge in [-0.3, -0.25) is 9.59 Å². The second kappa shape index (κ2) is 7.69. The van der Waals surface area contributed by atoms with Crippen LogP contribution in [0.25, 0.3) is 0 Å². The maximum Gasteiger partial charge on any atom is 0.255 e. The first-order chi connectivity index (χ1) is 13.7. The van der Waals surface area contributed by atoms with Crippen LogP contribution < -0.4 is 10.6 Å². The molecule has 2 N–H and O–H groups in total. The van der Waals surface area contributed by atoms with Crippen LogP contribution >= 0.6 is 0 Å². The topological polar surface area (TPSA) is 58.2 Å². The van der Waals surface area contributed by atoms with Crippen molar-refractivity contribution in [3.8, 4) is 0 Å². The van der Waals surface area contributed by atoms with Gasteiger partial charge >= 0.3 is 0 Å². The lowest BCUT2D eigenvalue weighted by molar-refractivity contribution is 0.0949. The molecule has 0 spiro atoms. The second-order valence-corrected chi connectivity index (χ2v) is 7.23. The van der Waals surface area contributed by atoms with E-state index in [1.54, 1.807) is 36.4 Å². The van der Waals surface area contributed by atoms with Crippen LogP contribution in [0.1, 0.15) is 39.1 Å². The highest BCUT2D eigenvalue weighted by Crippen LogP contribution is 2.47. The number of hydrogen-bond acceptors (Lipinski definition) is 2. The lowest BCUT2D eigenvalue weighted by Gasteiger charge is -2.16. The Bertz CT molecular complexity index is 963. The van der Waals surface area contributed by atoms with E-state index in [2.05, 4.69) is 22.8 Å². The van der Waals surface area contributed by atoms with E-state index >= 15 is 0 Å². The normalized spacial score (nSPS) is 14.1. The van der Waals surface area contributed by atoms with E-state index in [4.69, 9.17) is 0 Å². The van der Waals surface area contributed by atoms with Crippen molar-refractivity contribution in [2.24, 2.45) is 0 Å². The number of hydrogen-bond donors (Lipinski definition) is 2. The average Bonchev–Trinajstić information content (AvgIpc) is 3.55. The number of benzene rings is 3. The van der Waals surface area contributed by atoms with Crippen LogP contribution in [0.4, 0.5) is 5.69 Å². The van der Waals surface area contributed by atoms with Crippen LogP contribution in [-0.2, 0) is 5.41 Å². The first-order valence-corrected chi connectivity index (χ1v) is 9.47. The summed E-state index contributed by atoms with van der Waals surface area (Å²) in [7, 11) is 0. The Morgan fingerprint density at radius 2 is 1.29 bits per heavy atom. The van der Waals surface area contributed by atoms with E-state index in [1.807, 2.05) is 36.4 Å². The van der Waals surface area contributed by atoms with E-state index in [0.717, 1.165) is 12.8 Å². The average molecular weight is 370 g/mol. The van der Waals surface area contributed by atoms with Gasteiger partial charge in [-0.1, -0.05) is 48.5 Å². The third-order valence-electron chi connectivity index (χ3n) is 5.27. The Morgan fingerprint density at radius 3 is 1.89 bits per heavy atom. The fourth-order valence-corrected chi connectivity index (χ4v) is 3.36. The molecule has 3 aromatic carbocycles. The minimum atomic E-state index is -0.170. The van der Waals surface area contributed by atoms with Crippen molar-refractivity contribution in [2.45, 2.75) is 18.3 Å². The predicted molar refractivity (Wildman–Crippen MR) is 111 cm³/mol. The number of amides is 2. The third kappa shape index (κ3) is 3.96. The molecule has 0 bridgehead atoms. The summed E-state index contributed by atoms with van der Waals surface area (Å²) in [5.41, 5.74) is 3.21. The molecule has 140 valence electrons. The van der Waals surface area contributed by atoms with Gasteiger partial charge in [0.2, 0.25) is 0 Å². The monoisotopic (exact) mass is 370 g/mol. The van der Waals surface area contributed by atoms with Gasteiger partial charge in [-0.15, -0.1) is 0 Å². The molecule has 1 aliphatic rings. The Balaban J connectivity index is 1.35. The minimum absolute atomic E-state index is 0.0838. The highest BCUT2D eigenvalue weighted by Gasteiger charge is 2.44. The van der Waals surface area contributed by atoms with Crippen LogP contribution in [0.5, 0.6) is 0 Å². The van der Waals surface area contributed by atoms with Crippen LogP contribution in [0.3, 0.4) is 0 Å². The zero-order valence-corrected chi connectivity index (χ0v) is 15.5. The molecule has 0 unspecified atom stereocenters. The van der Waals surface area contributed by atoms with E-state index < -0.39 is 0 Å². The van der Waals surface area contributed by atoms with E-state index in [9.17, 15) is 9.59 Å². The summed E-state index contributed by atoms with van der Waals surface area (Å²) in [6.07, 6.45) is 2.20. The first-order valence-electron chi connectivity index (χ1n) is 9.47. The zero-order valence-electron chi connectivity index (χ0n) is 15.5. The Hall–Kier alpha value is -3.40. The summed E-state index contributed by atoms with van der Waals surface area (Å²) in [4.78, 5) is 24.7. The number of carbonyl (C=O) groups is 2. The number of anilines is 1. The summed E-state index contributed by atoms with van der Waals surface area (Å²) in [5.74, 6) is -0.264. The molecular formula is C24H22N2O2. The molecule has 4 rings (SSSR count). The largest absolute Gasteiger partial charge is 0.351 e. The molecule has 0 aromatic heterocycles. The van der Waals surface area contributed by atoms with Crippen LogP contribution in [0.15, 0.2) is 84.9 Å². The predicted octanol–water partition coefficient (Wildman–Crippen LogP) is 4.40. The molecule has 4 nitrogen and oxygen atoms in total. The quantitative estimate of drug-likeness (QED) is 0.676. The van der Waals surface area contributed by atoms with Crippen LogP contribution in [0, 0.1) is 0 Å². The van der Waals surface area contributed by atoms with Crippen molar-refractivity contribution in [1.29, 1.82) is 0 Å². The zero-order chi connectivity index (χ0) is 19.4. The maximum absolute atomic E-state index is 12.5. The molecule has 2 amide bonds. The standard InChI is InChI=1S/C24H22N2O2/c27-22(25-17-24(15-16-24)20-9-5-2-6-10-20)19-11-13-21(14-12-19)26-23(28)18-7-3-1-4-8-18/h1-14H,15-17H2,(H,25,27)(H,26,28). The number of nitrogens with one attached hydrogen (secondary N) is 2. The summed E-state index contributed by atoms with van der Waals surface area (Å²) in [6, 6.07) is 26.4. The molecule has 0 aliphatic heterocycles. The van der Waals surface area contributed by atoms with Crippen LogP contribution in [-0.4, -0.2) is 18.4 Å². The summed E-state index contributed by atoms with van der Waals surface area (Å²) in [5, 5.41) is 5.90. The molecule has 28 heavy (non-hydrogen) atoms. The fraction of sp³-hybridized carbons (Fsp3) is 0.167. The number of rotatable bonds is 6. The Kier molecular flexibility index (Phi) is 4.94. The molecule has 3 aromatic rings. The van der Waals surface area contributed by atoms with E-state index in [0.29, 0.717) is 23.4 Å². The van der Waals surface area contributed by atoms with Gasteiger partial charge in [0, 0.05) is 28.8 Å². The first kappa shape index (κ1) is 18.0. The van der Waals surface area contributed by atoms with E-state index in [1.165, 1.54) is 5.56 Å². The fourth-order valence-electron chi connectivity index (χ4n) is 3.36. The molecule has 0 saturated heterocycles. The van der Waals surface area contributed by atoms with Crippen molar-refractivity contribution in [3.05, 3.63) is 102 Å². The highest BCUT2D eigenvalue weighted by molar-refractivity contribution is 6.04. The van der Waals surface area contributed by atoms with Gasteiger partial charge in [-0.05, 0) is 54.8 Å². The van der Waals surface area contributed by atoms with Gasteiger partial charge in [0.25, 0.3) is 11.8 Å². The SMILES string of the molecule is O=C(NCC1(c2ccccc2)CC1)c1ccc(NC(=O)c2ccccc2)cc1. The van der Waals surface area contributed by atoms with Gasteiger partial charge in [0.1, 0.15) is 0 Å². The highest BCUT2D eigenvalue weighted by atomic mass is 16.2. The van der Waals surface area contributed by atoms with Gasteiger partial charge < -0.3 is 10.6 Å². The molecular weight excluding hydrogens is 348 g/mol. The molecule has 4 heteroatoms. The van der Waals surface area contributed by atoms with Gasteiger partial charge in [0.05, 0.1) is 0 Å². The van der Waals surface area contributed by atoms with Crippen molar-refractivity contribution in [2.75, 3.05) is 11.9 Å². The summed E-state index contributed by atoms with van der Waals surface area (Å²) < 4.78 is 0. The summed E-state index contributed by atoms with van der Waals surface area (Å²) >= 11 is 0. The molecule has 1 saturated carbocycles. The molecule has 1 fully saturated rings. The lowest BCUT2D eigenvalue weighted by Crippen LogP contribution is -2.32. The smallest absolute Gasteiger partial charge is 0.255 e. The molecule has 0 radical (unpaired) electrons. The summed E-state index contributed by atoms with van der Waals surface area (Å²) in [6.45, 7) is 0.641. The van der Waals surface area contributed by atoms with Crippen molar-refractivity contribution in [1.82, 2.24) is 5.32 Å². The third-order valence-corrected chi connectivity index (χ3v) is 5.27. The molecule has 1 aliphatic carbocycles. The number of carbonyl (C=O) groups excluding carboxylic acids is 2. The molecule has 0 atom stereocenters. The van der Waals surface area contributed by atoms with Crippen molar-refractivity contribution < 1.29 is 9.59 Å². The van der Waals surface area contributed by atoms with Crippen LogP contribution in [0.2, 0.25) is 0 Å². The van der Waals surface area contributed by atoms with Gasteiger partial charge in [0.15, 0.2) is 0 Å². The van der Waals surface area contributed by atoms with Gasteiger partial charge in [-0.25, -0.2) is 0 Å². The van der Waals surface area contributed by atoms with Crippen molar-refractivity contribution in [3.63, 3.8) is 0 Å². The van der Waals surface area contributed by atoms with Crippen molar-refractivity contribution >= 4 is 17.5 Å².